The lowest BCUT2D eigenvalue weighted by atomic mass is 10.0. The number of fused-ring (bicyclic) bond motifs is 1. The van der Waals surface area contributed by atoms with E-state index in [2.05, 4.69) is 38.3 Å². The summed E-state index contributed by atoms with van der Waals surface area (Å²) in [6.45, 7) is 6.63. The minimum atomic E-state index is 1.14. The van der Waals surface area contributed by atoms with Gasteiger partial charge in [0.05, 0.1) is 0 Å². The van der Waals surface area contributed by atoms with Crippen LogP contribution >= 0.6 is 11.3 Å². The average Bonchev–Trinajstić information content (AvgIpc) is 2.50. The molecule has 0 aliphatic carbocycles. The Bertz CT molecular complexity index is 438. The molecule has 0 nitrogen and oxygen atoms in total. The molecule has 0 atom stereocenters. The second-order valence-electron chi connectivity index (χ2n) is 3.50. The molecule has 0 N–H and O–H groups in total. The molecule has 0 saturated carbocycles. The third kappa shape index (κ3) is 1.28. The summed E-state index contributed by atoms with van der Waals surface area (Å²) in [6, 6.07) is 4.52. The number of aryl methyl sites for hydroxylation is 3. The highest BCUT2D eigenvalue weighted by atomic mass is 32.1. The van der Waals surface area contributed by atoms with Gasteiger partial charge in [-0.3, -0.25) is 0 Å². The molecule has 1 heteroatoms. The van der Waals surface area contributed by atoms with Crippen LogP contribution < -0.4 is 0 Å². The lowest BCUT2D eigenvalue weighted by Crippen LogP contribution is -1.85. The summed E-state index contributed by atoms with van der Waals surface area (Å²) < 4.78 is 1.47. The third-order valence-electron chi connectivity index (χ3n) is 2.68. The lowest BCUT2D eigenvalue weighted by molar-refractivity contribution is 1.12. The maximum absolute atomic E-state index is 2.26. The molecule has 0 aliphatic rings. The molecular formula is C12H14S. The Balaban J connectivity index is 2.80. The van der Waals surface area contributed by atoms with Crippen LogP contribution in [0.15, 0.2) is 17.5 Å². The number of benzene rings is 1. The molecule has 0 bridgehead atoms. The first-order chi connectivity index (χ1) is 6.24. The van der Waals surface area contributed by atoms with Gasteiger partial charge in [0.1, 0.15) is 0 Å². The van der Waals surface area contributed by atoms with Gasteiger partial charge in [0, 0.05) is 4.70 Å². The van der Waals surface area contributed by atoms with Crippen molar-refractivity contribution in [1.29, 1.82) is 0 Å². The van der Waals surface area contributed by atoms with Gasteiger partial charge in [-0.15, -0.1) is 11.3 Å². The molecule has 0 spiro atoms. The fraction of sp³-hybridized carbons (Fsp3) is 0.333. The van der Waals surface area contributed by atoms with Gasteiger partial charge in [0.25, 0.3) is 0 Å². The fourth-order valence-corrected chi connectivity index (χ4v) is 2.87. The first-order valence-corrected chi connectivity index (χ1v) is 5.58. The molecule has 0 saturated heterocycles. The standard InChI is InChI=1S/C12H14S/c1-4-10-5-6-11-8(2)7-13-12(11)9(10)3/h5-7H,4H2,1-3H3. The van der Waals surface area contributed by atoms with Crippen molar-refractivity contribution in [2.75, 3.05) is 0 Å². The molecule has 2 aromatic rings. The highest BCUT2D eigenvalue weighted by molar-refractivity contribution is 7.17. The molecule has 0 radical (unpaired) electrons. The van der Waals surface area contributed by atoms with E-state index < -0.39 is 0 Å². The molecule has 1 aromatic carbocycles. The number of hydrogen-bond acceptors (Lipinski definition) is 1. The largest absolute Gasteiger partial charge is 0.143 e. The van der Waals surface area contributed by atoms with Crippen molar-refractivity contribution in [2.24, 2.45) is 0 Å². The summed E-state index contributed by atoms with van der Waals surface area (Å²) in [7, 11) is 0. The molecule has 0 amide bonds. The van der Waals surface area contributed by atoms with E-state index in [-0.39, 0.29) is 0 Å². The van der Waals surface area contributed by atoms with Gasteiger partial charge < -0.3 is 0 Å². The summed E-state index contributed by atoms with van der Waals surface area (Å²) >= 11 is 1.87. The Kier molecular flexibility index (Phi) is 2.12. The van der Waals surface area contributed by atoms with Crippen LogP contribution in [0.2, 0.25) is 0 Å². The quantitative estimate of drug-likeness (QED) is 0.635. The van der Waals surface area contributed by atoms with Crippen LogP contribution in [0.1, 0.15) is 23.6 Å². The molecule has 0 unspecified atom stereocenters. The van der Waals surface area contributed by atoms with Gasteiger partial charge in [-0.25, -0.2) is 0 Å². The van der Waals surface area contributed by atoms with Crippen molar-refractivity contribution in [3.8, 4) is 0 Å². The SMILES string of the molecule is CCc1ccc2c(C)csc2c1C. The van der Waals surface area contributed by atoms with Crippen LogP contribution in [0.5, 0.6) is 0 Å². The first-order valence-electron chi connectivity index (χ1n) is 4.70. The van der Waals surface area contributed by atoms with Crippen LogP contribution in [0.25, 0.3) is 10.1 Å². The van der Waals surface area contributed by atoms with Gasteiger partial charge in [0.2, 0.25) is 0 Å². The normalized spacial score (nSPS) is 11.0. The number of thiophene rings is 1. The molecule has 68 valence electrons. The van der Waals surface area contributed by atoms with Crippen molar-refractivity contribution < 1.29 is 0 Å². The van der Waals surface area contributed by atoms with Crippen molar-refractivity contribution in [3.05, 3.63) is 34.2 Å². The van der Waals surface area contributed by atoms with Crippen molar-refractivity contribution >= 4 is 21.4 Å². The Morgan fingerprint density at radius 1 is 1.23 bits per heavy atom. The zero-order valence-electron chi connectivity index (χ0n) is 8.35. The predicted octanol–water partition coefficient (Wildman–Crippen LogP) is 4.08. The van der Waals surface area contributed by atoms with E-state index in [9.17, 15) is 0 Å². The van der Waals surface area contributed by atoms with Gasteiger partial charge in [-0.2, -0.15) is 0 Å². The molecule has 2 rings (SSSR count). The van der Waals surface area contributed by atoms with E-state index in [4.69, 9.17) is 0 Å². The topological polar surface area (TPSA) is 0 Å². The van der Waals surface area contributed by atoms with E-state index in [1.165, 1.54) is 26.8 Å². The Morgan fingerprint density at radius 3 is 2.69 bits per heavy atom. The summed E-state index contributed by atoms with van der Waals surface area (Å²) in [6.07, 6.45) is 1.14. The minimum absolute atomic E-state index is 1.14. The monoisotopic (exact) mass is 190 g/mol. The van der Waals surface area contributed by atoms with Crippen molar-refractivity contribution in [1.82, 2.24) is 0 Å². The van der Waals surface area contributed by atoms with Crippen molar-refractivity contribution in [3.63, 3.8) is 0 Å². The lowest BCUT2D eigenvalue weighted by Gasteiger charge is -2.03. The summed E-state index contributed by atoms with van der Waals surface area (Å²) in [5.41, 5.74) is 4.36. The number of hydrogen-bond donors (Lipinski definition) is 0. The summed E-state index contributed by atoms with van der Waals surface area (Å²) in [5, 5.41) is 3.68. The Hall–Kier alpha value is -0.820. The molecule has 1 heterocycles. The predicted molar refractivity (Wildman–Crippen MR) is 60.7 cm³/mol. The van der Waals surface area contributed by atoms with Crippen LogP contribution in [-0.2, 0) is 6.42 Å². The van der Waals surface area contributed by atoms with Gasteiger partial charge in [0.15, 0.2) is 0 Å². The Morgan fingerprint density at radius 2 is 2.00 bits per heavy atom. The maximum Gasteiger partial charge on any atom is 0.0377 e. The molecule has 0 aliphatic heterocycles. The van der Waals surface area contributed by atoms with Crippen LogP contribution in [0.4, 0.5) is 0 Å². The molecular weight excluding hydrogens is 176 g/mol. The van der Waals surface area contributed by atoms with E-state index in [0.717, 1.165) is 6.42 Å². The van der Waals surface area contributed by atoms with Crippen LogP contribution in [0.3, 0.4) is 0 Å². The fourth-order valence-electron chi connectivity index (χ4n) is 1.79. The molecule has 1 aromatic heterocycles. The van der Waals surface area contributed by atoms with Crippen molar-refractivity contribution in [2.45, 2.75) is 27.2 Å². The van der Waals surface area contributed by atoms with E-state index in [1.54, 1.807) is 0 Å². The zero-order chi connectivity index (χ0) is 9.42. The molecule has 0 fully saturated rings. The van der Waals surface area contributed by atoms with E-state index >= 15 is 0 Å². The van der Waals surface area contributed by atoms with Gasteiger partial charge in [-0.05, 0) is 47.7 Å². The summed E-state index contributed by atoms with van der Waals surface area (Å²) in [5.74, 6) is 0. The smallest absolute Gasteiger partial charge is 0.0377 e. The van der Waals surface area contributed by atoms with Gasteiger partial charge in [-0.1, -0.05) is 19.1 Å². The first kappa shape index (κ1) is 8.76. The van der Waals surface area contributed by atoms with E-state index in [1.807, 2.05) is 11.3 Å². The summed E-state index contributed by atoms with van der Waals surface area (Å²) in [4.78, 5) is 0. The minimum Gasteiger partial charge on any atom is -0.143 e. The van der Waals surface area contributed by atoms with Crippen LogP contribution in [-0.4, -0.2) is 0 Å². The zero-order valence-corrected chi connectivity index (χ0v) is 9.16. The Labute approximate surface area is 83.2 Å². The maximum atomic E-state index is 2.26. The number of rotatable bonds is 1. The second kappa shape index (κ2) is 3.15. The average molecular weight is 190 g/mol. The third-order valence-corrected chi connectivity index (χ3v) is 3.91. The highest BCUT2D eigenvalue weighted by Gasteiger charge is 2.05. The molecule has 13 heavy (non-hydrogen) atoms. The highest BCUT2D eigenvalue weighted by Crippen LogP contribution is 2.30. The second-order valence-corrected chi connectivity index (χ2v) is 4.38. The van der Waals surface area contributed by atoms with E-state index in [0.29, 0.717) is 0 Å². The van der Waals surface area contributed by atoms with Crippen LogP contribution in [0, 0.1) is 13.8 Å². The van der Waals surface area contributed by atoms with Gasteiger partial charge >= 0.3 is 0 Å².